The summed E-state index contributed by atoms with van der Waals surface area (Å²) in [6.07, 6.45) is 0.681. The van der Waals surface area contributed by atoms with Crippen molar-refractivity contribution in [2.75, 3.05) is 5.32 Å². The van der Waals surface area contributed by atoms with Gasteiger partial charge >= 0.3 is 0 Å². The van der Waals surface area contributed by atoms with Crippen LogP contribution in [0.4, 0.5) is 5.00 Å². The minimum Gasteiger partial charge on any atom is -0.365 e. The van der Waals surface area contributed by atoms with E-state index in [1.807, 2.05) is 49.4 Å². The summed E-state index contributed by atoms with van der Waals surface area (Å²) in [5.74, 6) is -0.849. The van der Waals surface area contributed by atoms with Crippen LogP contribution in [0.25, 0.3) is 0 Å². The predicted molar refractivity (Wildman–Crippen MR) is 130 cm³/mol. The van der Waals surface area contributed by atoms with E-state index in [1.165, 1.54) is 11.3 Å². The molecular formula is C21H18IN3O2S2. The molecule has 0 aliphatic carbocycles. The summed E-state index contributed by atoms with van der Waals surface area (Å²) >= 11 is 8.80. The van der Waals surface area contributed by atoms with Gasteiger partial charge in [0.1, 0.15) is 5.00 Å². The number of carbonyl (C=O) groups is 2. The summed E-state index contributed by atoms with van der Waals surface area (Å²) < 4.78 is 0.820. The quantitative estimate of drug-likeness (QED) is 0.333. The molecule has 3 aromatic rings. The number of thiophene rings is 1. The monoisotopic (exact) mass is 535 g/mol. The second kappa shape index (κ2) is 9.47. The van der Waals surface area contributed by atoms with Crippen molar-refractivity contribution in [1.29, 1.82) is 0 Å². The largest absolute Gasteiger partial charge is 0.365 e. The van der Waals surface area contributed by atoms with Gasteiger partial charge in [-0.05, 0) is 65.0 Å². The van der Waals surface area contributed by atoms with Crippen LogP contribution in [0.5, 0.6) is 0 Å². The standard InChI is InChI=1S/C21H18IN3O2S2/c1-12-16(11-13-7-3-2-4-8-13)29-20(17(12)18(23)26)25-21(28)24-19(27)14-9-5-6-10-15(14)22/h2-10H,11H2,1H3,(H2,23,26)(H2,24,25,27,28). The van der Waals surface area contributed by atoms with Crippen LogP contribution in [0.3, 0.4) is 0 Å². The van der Waals surface area contributed by atoms with Crippen molar-refractivity contribution in [3.63, 3.8) is 0 Å². The van der Waals surface area contributed by atoms with E-state index in [1.54, 1.807) is 12.1 Å². The van der Waals surface area contributed by atoms with Gasteiger partial charge in [0.05, 0.1) is 11.1 Å². The molecule has 0 saturated carbocycles. The van der Waals surface area contributed by atoms with Gasteiger partial charge in [-0.25, -0.2) is 0 Å². The molecule has 29 heavy (non-hydrogen) atoms. The zero-order valence-corrected chi connectivity index (χ0v) is 19.3. The second-order valence-corrected chi connectivity index (χ2v) is 8.94. The van der Waals surface area contributed by atoms with Crippen LogP contribution >= 0.6 is 46.1 Å². The van der Waals surface area contributed by atoms with Crippen molar-refractivity contribution in [2.45, 2.75) is 13.3 Å². The lowest BCUT2D eigenvalue weighted by molar-refractivity contribution is 0.0974. The van der Waals surface area contributed by atoms with Crippen LogP contribution in [0.1, 0.15) is 36.7 Å². The fourth-order valence-electron chi connectivity index (χ4n) is 2.85. The minimum absolute atomic E-state index is 0.115. The van der Waals surface area contributed by atoms with E-state index >= 15 is 0 Å². The third kappa shape index (κ3) is 5.20. The van der Waals surface area contributed by atoms with Gasteiger partial charge in [0.15, 0.2) is 5.11 Å². The molecule has 4 N–H and O–H groups in total. The highest BCUT2D eigenvalue weighted by atomic mass is 127. The van der Waals surface area contributed by atoms with E-state index < -0.39 is 5.91 Å². The maximum absolute atomic E-state index is 12.5. The SMILES string of the molecule is Cc1c(Cc2ccccc2)sc(NC(=S)NC(=O)c2ccccc2I)c1C(N)=O. The van der Waals surface area contributed by atoms with Gasteiger partial charge in [0.2, 0.25) is 0 Å². The molecule has 1 heterocycles. The number of halogens is 1. The van der Waals surface area contributed by atoms with Crippen LogP contribution in [0.2, 0.25) is 0 Å². The Bertz CT molecular complexity index is 1080. The molecule has 0 bridgehead atoms. The number of hydrogen-bond acceptors (Lipinski definition) is 4. The van der Waals surface area contributed by atoms with Crippen molar-refractivity contribution < 1.29 is 9.59 Å². The van der Waals surface area contributed by atoms with Crippen molar-refractivity contribution in [1.82, 2.24) is 5.32 Å². The summed E-state index contributed by atoms with van der Waals surface area (Å²) in [7, 11) is 0. The Morgan fingerprint density at radius 3 is 2.41 bits per heavy atom. The average Bonchev–Trinajstić information content (AvgIpc) is 2.97. The molecule has 2 amide bonds. The van der Waals surface area contributed by atoms with Gasteiger partial charge < -0.3 is 11.1 Å². The number of nitrogens with two attached hydrogens (primary N) is 1. The Labute approximate surface area is 191 Å². The molecular weight excluding hydrogens is 517 g/mol. The highest BCUT2D eigenvalue weighted by Gasteiger charge is 2.21. The molecule has 0 unspecified atom stereocenters. The van der Waals surface area contributed by atoms with Crippen molar-refractivity contribution in [2.24, 2.45) is 5.73 Å². The van der Waals surface area contributed by atoms with E-state index in [9.17, 15) is 9.59 Å². The zero-order valence-electron chi connectivity index (χ0n) is 15.5. The predicted octanol–water partition coefficient (Wildman–Crippen LogP) is 4.48. The Balaban J connectivity index is 1.80. The molecule has 0 aliphatic rings. The molecule has 148 valence electrons. The van der Waals surface area contributed by atoms with E-state index in [-0.39, 0.29) is 11.0 Å². The maximum Gasteiger partial charge on any atom is 0.258 e. The fourth-order valence-corrected chi connectivity index (χ4v) is 4.99. The van der Waals surface area contributed by atoms with Crippen molar-refractivity contribution in [3.8, 4) is 0 Å². The number of anilines is 1. The molecule has 0 fully saturated rings. The first-order chi connectivity index (χ1) is 13.9. The van der Waals surface area contributed by atoms with Gasteiger partial charge in [-0.3, -0.25) is 14.9 Å². The maximum atomic E-state index is 12.5. The lowest BCUT2D eigenvalue weighted by atomic mass is 10.1. The first kappa shape index (κ1) is 21.4. The van der Waals surface area contributed by atoms with Gasteiger partial charge in [-0.15, -0.1) is 11.3 Å². The van der Waals surface area contributed by atoms with Crippen LogP contribution in [-0.2, 0) is 6.42 Å². The van der Waals surface area contributed by atoms with Gasteiger partial charge in [-0.2, -0.15) is 0 Å². The molecule has 0 aliphatic heterocycles. The number of amides is 2. The molecule has 1 aromatic heterocycles. The number of primary amides is 1. The Morgan fingerprint density at radius 1 is 1.10 bits per heavy atom. The molecule has 3 rings (SSSR count). The highest BCUT2D eigenvalue weighted by molar-refractivity contribution is 14.1. The van der Waals surface area contributed by atoms with E-state index in [0.717, 1.165) is 19.6 Å². The van der Waals surface area contributed by atoms with Crippen molar-refractivity contribution >= 4 is 68.1 Å². The van der Waals surface area contributed by atoms with E-state index in [2.05, 4.69) is 33.2 Å². The molecule has 0 spiro atoms. The van der Waals surface area contributed by atoms with Gasteiger partial charge in [-0.1, -0.05) is 42.5 Å². The number of carbonyl (C=O) groups excluding carboxylic acids is 2. The lowest BCUT2D eigenvalue weighted by Crippen LogP contribution is -2.34. The molecule has 0 atom stereocenters. The first-order valence-corrected chi connectivity index (χ1v) is 11.0. The third-order valence-corrected chi connectivity index (χ3v) is 6.62. The number of benzene rings is 2. The Kier molecular flexibility index (Phi) is 6.99. The van der Waals surface area contributed by atoms with Crippen LogP contribution < -0.4 is 16.4 Å². The highest BCUT2D eigenvalue weighted by Crippen LogP contribution is 2.34. The molecule has 0 radical (unpaired) electrons. The van der Waals surface area contributed by atoms with E-state index in [0.29, 0.717) is 22.5 Å². The fraction of sp³-hybridized carbons (Fsp3) is 0.0952. The number of rotatable bonds is 5. The normalized spacial score (nSPS) is 10.4. The average molecular weight is 535 g/mol. The topological polar surface area (TPSA) is 84.2 Å². The summed E-state index contributed by atoms with van der Waals surface area (Å²) in [6, 6.07) is 17.2. The first-order valence-electron chi connectivity index (χ1n) is 8.69. The smallest absolute Gasteiger partial charge is 0.258 e. The Hall–Kier alpha value is -2.30. The van der Waals surface area contributed by atoms with Crippen molar-refractivity contribution in [3.05, 3.63) is 85.3 Å². The lowest BCUT2D eigenvalue weighted by Gasteiger charge is -2.10. The molecule has 0 saturated heterocycles. The number of nitrogens with one attached hydrogen (secondary N) is 2. The molecule has 8 heteroatoms. The number of thiocarbonyl (C=S) groups is 1. The summed E-state index contributed by atoms with van der Waals surface area (Å²) in [4.78, 5) is 25.5. The van der Waals surface area contributed by atoms with E-state index in [4.69, 9.17) is 18.0 Å². The Morgan fingerprint density at radius 2 is 1.76 bits per heavy atom. The summed E-state index contributed by atoms with van der Waals surface area (Å²) in [5, 5.41) is 6.29. The third-order valence-electron chi connectivity index (χ3n) is 4.27. The van der Waals surface area contributed by atoms with Crippen LogP contribution in [0.15, 0.2) is 54.6 Å². The molecule has 2 aromatic carbocycles. The molecule has 5 nitrogen and oxygen atoms in total. The minimum atomic E-state index is -0.535. The van der Waals surface area contributed by atoms with Gasteiger partial charge in [0, 0.05) is 14.9 Å². The summed E-state index contributed by atoms with van der Waals surface area (Å²) in [5.41, 5.74) is 8.48. The number of hydrogen-bond donors (Lipinski definition) is 3. The van der Waals surface area contributed by atoms with Crippen LogP contribution in [-0.4, -0.2) is 16.9 Å². The van der Waals surface area contributed by atoms with Crippen LogP contribution in [0, 0.1) is 10.5 Å². The zero-order chi connectivity index (χ0) is 21.0. The van der Waals surface area contributed by atoms with Gasteiger partial charge in [0.25, 0.3) is 11.8 Å². The summed E-state index contributed by atoms with van der Waals surface area (Å²) in [6.45, 7) is 1.87. The second-order valence-electron chi connectivity index (χ2n) is 6.27.